The summed E-state index contributed by atoms with van der Waals surface area (Å²) in [5.74, 6) is 0.434. The first-order valence-electron chi connectivity index (χ1n) is 9.95. The number of hydrogen-bond acceptors (Lipinski definition) is 5. The quantitative estimate of drug-likeness (QED) is 0.609. The molecule has 0 spiro atoms. The molecule has 1 heterocycles. The number of carbonyl (C=O) groups excluding carboxylic acids is 2. The normalized spacial score (nSPS) is 12.1. The molecule has 2 N–H and O–H groups in total. The molecule has 32 heavy (non-hydrogen) atoms. The van der Waals surface area contributed by atoms with Gasteiger partial charge in [0.15, 0.2) is 11.5 Å². The van der Waals surface area contributed by atoms with Crippen molar-refractivity contribution in [1.82, 2.24) is 0 Å². The van der Waals surface area contributed by atoms with Crippen molar-refractivity contribution in [2.75, 3.05) is 31.0 Å². The van der Waals surface area contributed by atoms with Gasteiger partial charge in [-0.25, -0.2) is 4.39 Å². The van der Waals surface area contributed by atoms with Gasteiger partial charge >= 0.3 is 0 Å². The fraction of sp³-hybridized carbons (Fsp3) is 0.167. The lowest BCUT2D eigenvalue weighted by atomic mass is 10.1. The van der Waals surface area contributed by atoms with E-state index in [1.165, 1.54) is 25.3 Å². The van der Waals surface area contributed by atoms with Gasteiger partial charge in [-0.3, -0.25) is 9.59 Å². The Morgan fingerprint density at radius 3 is 2.56 bits per heavy atom. The van der Waals surface area contributed by atoms with E-state index in [-0.39, 0.29) is 17.9 Å². The van der Waals surface area contributed by atoms with E-state index in [1.54, 1.807) is 30.3 Å². The number of nitrogens with one attached hydrogen (secondary N) is 2. The number of halogens is 1. The van der Waals surface area contributed by atoms with E-state index >= 15 is 0 Å². The third kappa shape index (κ3) is 4.97. The highest BCUT2D eigenvalue weighted by Gasteiger charge is 2.15. The molecule has 0 aromatic heterocycles. The van der Waals surface area contributed by atoms with Gasteiger partial charge in [-0.15, -0.1) is 0 Å². The molecule has 0 radical (unpaired) electrons. The first-order valence-corrected chi connectivity index (χ1v) is 9.95. The molecule has 7 nitrogen and oxygen atoms in total. The summed E-state index contributed by atoms with van der Waals surface area (Å²) in [5, 5.41) is 5.50. The van der Waals surface area contributed by atoms with E-state index in [9.17, 15) is 14.0 Å². The number of rotatable bonds is 6. The van der Waals surface area contributed by atoms with Gasteiger partial charge in [0.2, 0.25) is 5.91 Å². The van der Waals surface area contributed by atoms with Gasteiger partial charge in [0, 0.05) is 11.3 Å². The van der Waals surface area contributed by atoms with Crippen LogP contribution in [-0.2, 0) is 11.2 Å². The topological polar surface area (TPSA) is 85.9 Å². The van der Waals surface area contributed by atoms with Gasteiger partial charge in [0.1, 0.15) is 24.8 Å². The van der Waals surface area contributed by atoms with Crippen molar-refractivity contribution in [2.45, 2.75) is 6.42 Å². The van der Waals surface area contributed by atoms with Crippen LogP contribution in [-0.4, -0.2) is 32.1 Å². The van der Waals surface area contributed by atoms with E-state index in [2.05, 4.69) is 10.6 Å². The number of fused-ring (bicyclic) bond motifs is 1. The first kappa shape index (κ1) is 21.2. The zero-order chi connectivity index (χ0) is 22.5. The Morgan fingerprint density at radius 1 is 0.969 bits per heavy atom. The van der Waals surface area contributed by atoms with Crippen LogP contribution in [0.4, 0.5) is 15.8 Å². The Balaban J connectivity index is 1.45. The second-order valence-corrected chi connectivity index (χ2v) is 7.08. The maximum Gasteiger partial charge on any atom is 0.255 e. The van der Waals surface area contributed by atoms with E-state index in [0.717, 1.165) is 11.6 Å². The number of hydrogen-bond donors (Lipinski definition) is 2. The molecule has 1 aliphatic heterocycles. The zero-order valence-electron chi connectivity index (χ0n) is 17.3. The monoisotopic (exact) mass is 436 g/mol. The van der Waals surface area contributed by atoms with Crippen molar-refractivity contribution in [2.24, 2.45) is 0 Å². The first-order chi connectivity index (χ1) is 15.5. The molecule has 0 saturated carbocycles. The second kappa shape index (κ2) is 9.38. The molecule has 0 aliphatic carbocycles. The van der Waals surface area contributed by atoms with Crippen molar-refractivity contribution in [3.63, 3.8) is 0 Å². The second-order valence-electron chi connectivity index (χ2n) is 7.08. The van der Waals surface area contributed by atoms with E-state index < -0.39 is 11.7 Å². The molecule has 0 bridgehead atoms. The molecule has 164 valence electrons. The Kier molecular flexibility index (Phi) is 6.21. The summed E-state index contributed by atoms with van der Waals surface area (Å²) < 4.78 is 29.8. The summed E-state index contributed by atoms with van der Waals surface area (Å²) >= 11 is 0. The molecule has 0 fully saturated rings. The Labute approximate surface area is 184 Å². The van der Waals surface area contributed by atoms with Gasteiger partial charge in [0.25, 0.3) is 5.91 Å². The van der Waals surface area contributed by atoms with E-state index in [0.29, 0.717) is 41.8 Å². The van der Waals surface area contributed by atoms with Gasteiger partial charge in [0.05, 0.1) is 19.2 Å². The van der Waals surface area contributed by atoms with Gasteiger partial charge < -0.3 is 24.8 Å². The molecule has 0 unspecified atom stereocenters. The van der Waals surface area contributed by atoms with Crippen molar-refractivity contribution in [3.05, 3.63) is 77.6 Å². The fourth-order valence-electron chi connectivity index (χ4n) is 3.30. The predicted molar refractivity (Wildman–Crippen MR) is 117 cm³/mol. The number of carbonyl (C=O) groups is 2. The highest BCUT2D eigenvalue weighted by atomic mass is 19.1. The lowest BCUT2D eigenvalue weighted by Crippen LogP contribution is -2.17. The standard InChI is InChI=1S/C24H21FN2O5/c1-30-20-8-6-18(14-19(20)27-24(29)16-3-2-4-17(25)13-16)26-23(28)12-15-5-7-21-22(11-15)32-10-9-31-21/h2-8,11,13-14H,9-10,12H2,1H3,(H,26,28)(H,27,29). The van der Waals surface area contributed by atoms with E-state index in [1.807, 2.05) is 6.07 Å². The minimum Gasteiger partial charge on any atom is -0.495 e. The smallest absolute Gasteiger partial charge is 0.255 e. The molecule has 4 rings (SSSR count). The van der Waals surface area contributed by atoms with Crippen LogP contribution in [0, 0.1) is 5.82 Å². The van der Waals surface area contributed by atoms with Gasteiger partial charge in [-0.2, -0.15) is 0 Å². The third-order valence-corrected chi connectivity index (χ3v) is 4.79. The lowest BCUT2D eigenvalue weighted by Gasteiger charge is -2.18. The number of anilines is 2. The predicted octanol–water partition coefficient (Wildman–Crippen LogP) is 4.04. The molecule has 3 aromatic rings. The minimum atomic E-state index is -0.509. The molecular weight excluding hydrogens is 415 g/mol. The lowest BCUT2D eigenvalue weighted by molar-refractivity contribution is -0.115. The molecule has 0 saturated heterocycles. The van der Waals surface area contributed by atoms with Crippen LogP contribution in [0.5, 0.6) is 17.2 Å². The molecule has 3 aromatic carbocycles. The average Bonchev–Trinajstić information content (AvgIpc) is 2.79. The summed E-state index contributed by atoms with van der Waals surface area (Å²) in [6.07, 6.45) is 0.133. The van der Waals surface area contributed by atoms with Crippen molar-refractivity contribution < 1.29 is 28.2 Å². The molecule has 2 amide bonds. The van der Waals surface area contributed by atoms with E-state index in [4.69, 9.17) is 14.2 Å². The third-order valence-electron chi connectivity index (χ3n) is 4.79. The highest BCUT2D eigenvalue weighted by Crippen LogP contribution is 2.31. The highest BCUT2D eigenvalue weighted by molar-refractivity contribution is 6.05. The van der Waals surface area contributed by atoms with Crippen LogP contribution in [0.3, 0.4) is 0 Å². The largest absolute Gasteiger partial charge is 0.495 e. The molecule has 8 heteroatoms. The van der Waals surface area contributed by atoms with Crippen LogP contribution in [0.1, 0.15) is 15.9 Å². The van der Waals surface area contributed by atoms with Crippen LogP contribution >= 0.6 is 0 Å². The molecule has 0 atom stereocenters. The Morgan fingerprint density at radius 2 is 1.78 bits per heavy atom. The summed E-state index contributed by atoms with van der Waals surface area (Å²) in [6.45, 7) is 0.973. The fourth-order valence-corrected chi connectivity index (χ4v) is 3.30. The van der Waals surface area contributed by atoms with Crippen LogP contribution < -0.4 is 24.8 Å². The average molecular weight is 436 g/mol. The van der Waals surface area contributed by atoms with Crippen molar-refractivity contribution in [3.8, 4) is 17.2 Å². The Hall–Kier alpha value is -4.07. The number of methoxy groups -OCH3 is 1. The van der Waals surface area contributed by atoms with Crippen molar-refractivity contribution >= 4 is 23.2 Å². The number of ether oxygens (including phenoxy) is 3. The molecule has 1 aliphatic rings. The number of benzene rings is 3. The minimum absolute atomic E-state index is 0.133. The Bertz CT molecular complexity index is 1160. The van der Waals surface area contributed by atoms with Gasteiger partial charge in [-0.05, 0) is 54.1 Å². The summed E-state index contributed by atoms with van der Waals surface area (Å²) in [6, 6.07) is 15.6. The summed E-state index contributed by atoms with van der Waals surface area (Å²) in [4.78, 5) is 25.0. The van der Waals surface area contributed by atoms with Crippen LogP contribution in [0.15, 0.2) is 60.7 Å². The maximum atomic E-state index is 13.4. The molecular formula is C24H21FN2O5. The maximum absolute atomic E-state index is 13.4. The SMILES string of the molecule is COc1ccc(NC(=O)Cc2ccc3c(c2)OCCO3)cc1NC(=O)c1cccc(F)c1. The summed E-state index contributed by atoms with van der Waals surface area (Å²) in [7, 11) is 1.47. The van der Waals surface area contributed by atoms with Gasteiger partial charge in [-0.1, -0.05) is 12.1 Å². The number of amides is 2. The van der Waals surface area contributed by atoms with Crippen LogP contribution in [0.25, 0.3) is 0 Å². The van der Waals surface area contributed by atoms with Crippen molar-refractivity contribution in [1.29, 1.82) is 0 Å². The summed E-state index contributed by atoms with van der Waals surface area (Å²) in [5.41, 5.74) is 1.77. The zero-order valence-corrected chi connectivity index (χ0v) is 17.3. The van der Waals surface area contributed by atoms with Crippen LogP contribution in [0.2, 0.25) is 0 Å².